The normalized spacial score (nSPS) is 9.88. The molecule has 0 unspecified atom stereocenters. The standard InChI is InChI=1S/C14H9FNS/c15-13-7-6-11(8-9-16)10-14(13)17-12-4-2-1-3-5-12/h1-8,10H. The molecule has 0 aliphatic rings. The molecule has 0 aliphatic heterocycles. The number of halogens is 1. The van der Waals surface area contributed by atoms with Crippen molar-refractivity contribution in [3.05, 3.63) is 66.3 Å². The Balaban J connectivity index is 2.26. The largest absolute Gasteiger partial charge is 0.206 e. The average molecular weight is 242 g/mol. The maximum Gasteiger partial charge on any atom is 0.137 e. The smallest absolute Gasteiger partial charge is 0.137 e. The zero-order valence-corrected chi connectivity index (χ0v) is 9.75. The summed E-state index contributed by atoms with van der Waals surface area (Å²) in [6.07, 6.45) is 1.40. The van der Waals surface area contributed by atoms with Gasteiger partial charge in [-0.25, -0.2) is 4.39 Å². The van der Waals surface area contributed by atoms with Gasteiger partial charge in [0.15, 0.2) is 0 Å². The monoisotopic (exact) mass is 242 g/mol. The predicted octanol–water partition coefficient (Wildman–Crippen LogP) is 4.05. The molecule has 1 radical (unpaired) electrons. The Hall–Kier alpha value is -1.79. The van der Waals surface area contributed by atoms with Crippen LogP contribution in [0.3, 0.4) is 0 Å². The van der Waals surface area contributed by atoms with Gasteiger partial charge in [0, 0.05) is 9.79 Å². The second kappa shape index (κ2) is 5.51. The molecule has 17 heavy (non-hydrogen) atoms. The highest BCUT2D eigenvalue weighted by Crippen LogP contribution is 2.30. The summed E-state index contributed by atoms with van der Waals surface area (Å²) in [5, 5.41) is 8.56. The summed E-state index contributed by atoms with van der Waals surface area (Å²) in [7, 11) is 0. The highest BCUT2D eigenvalue weighted by atomic mass is 32.2. The summed E-state index contributed by atoms with van der Waals surface area (Å²) >= 11 is 1.35. The van der Waals surface area contributed by atoms with Gasteiger partial charge >= 0.3 is 0 Å². The number of nitrogens with zero attached hydrogens (tertiary/aromatic N) is 1. The fourth-order valence-electron chi connectivity index (χ4n) is 1.38. The van der Waals surface area contributed by atoms with Crippen LogP contribution in [0.15, 0.2) is 58.3 Å². The molecule has 2 rings (SSSR count). The Kier molecular flexibility index (Phi) is 3.79. The van der Waals surface area contributed by atoms with Gasteiger partial charge in [0.1, 0.15) is 5.82 Å². The van der Waals surface area contributed by atoms with Crippen molar-refractivity contribution in [2.45, 2.75) is 9.79 Å². The lowest BCUT2D eigenvalue weighted by Gasteiger charge is -2.04. The van der Waals surface area contributed by atoms with Crippen LogP contribution < -0.4 is 0 Å². The van der Waals surface area contributed by atoms with Gasteiger partial charge < -0.3 is 0 Å². The molecule has 1 nitrogen and oxygen atoms in total. The van der Waals surface area contributed by atoms with Crippen molar-refractivity contribution in [2.75, 3.05) is 0 Å². The minimum absolute atomic E-state index is 0.269. The minimum Gasteiger partial charge on any atom is -0.206 e. The Morgan fingerprint density at radius 1 is 1.12 bits per heavy atom. The van der Waals surface area contributed by atoms with Crippen molar-refractivity contribution in [3.8, 4) is 6.07 Å². The molecule has 0 bridgehead atoms. The summed E-state index contributed by atoms with van der Waals surface area (Å²) in [4.78, 5) is 1.50. The van der Waals surface area contributed by atoms with E-state index >= 15 is 0 Å². The third-order valence-corrected chi connectivity index (χ3v) is 3.20. The number of hydrogen-bond donors (Lipinski definition) is 0. The fraction of sp³-hybridized carbons (Fsp3) is 0. The molecule has 0 saturated heterocycles. The van der Waals surface area contributed by atoms with Crippen LogP contribution in [0.25, 0.3) is 0 Å². The van der Waals surface area contributed by atoms with Crippen molar-refractivity contribution in [3.63, 3.8) is 0 Å². The van der Waals surface area contributed by atoms with E-state index in [4.69, 9.17) is 5.26 Å². The van der Waals surface area contributed by atoms with Crippen LogP contribution in [0.2, 0.25) is 0 Å². The second-order valence-electron chi connectivity index (χ2n) is 3.38. The number of benzene rings is 2. The Labute approximate surface area is 104 Å². The molecule has 2 aromatic rings. The van der Waals surface area contributed by atoms with Gasteiger partial charge in [0.25, 0.3) is 0 Å². The Morgan fingerprint density at radius 3 is 2.59 bits per heavy atom. The van der Waals surface area contributed by atoms with E-state index in [9.17, 15) is 4.39 Å². The van der Waals surface area contributed by atoms with E-state index < -0.39 is 0 Å². The fourth-order valence-corrected chi connectivity index (χ4v) is 2.29. The lowest BCUT2D eigenvalue weighted by atomic mass is 10.2. The van der Waals surface area contributed by atoms with Crippen molar-refractivity contribution >= 4 is 11.8 Å². The van der Waals surface area contributed by atoms with Crippen molar-refractivity contribution in [1.82, 2.24) is 0 Å². The van der Waals surface area contributed by atoms with E-state index in [0.717, 1.165) is 4.90 Å². The van der Waals surface area contributed by atoms with Crippen LogP contribution >= 0.6 is 11.8 Å². The number of nitriles is 1. The van der Waals surface area contributed by atoms with Gasteiger partial charge in [0.05, 0.1) is 12.5 Å². The van der Waals surface area contributed by atoms with Crippen molar-refractivity contribution in [1.29, 1.82) is 5.26 Å². The van der Waals surface area contributed by atoms with Crippen LogP contribution in [-0.2, 0) is 0 Å². The van der Waals surface area contributed by atoms with Gasteiger partial charge in [0.2, 0.25) is 0 Å². The highest BCUT2D eigenvalue weighted by Gasteiger charge is 2.05. The van der Waals surface area contributed by atoms with Gasteiger partial charge in [-0.05, 0) is 29.8 Å². The molecule has 0 saturated carbocycles. The lowest BCUT2D eigenvalue weighted by Crippen LogP contribution is -1.85. The molecule has 0 fully saturated rings. The minimum atomic E-state index is -0.269. The molecule has 2 aromatic carbocycles. The molecule has 0 amide bonds. The maximum absolute atomic E-state index is 13.6. The van der Waals surface area contributed by atoms with Gasteiger partial charge in [-0.1, -0.05) is 36.0 Å². The van der Waals surface area contributed by atoms with E-state index in [1.165, 1.54) is 24.2 Å². The molecule has 0 heterocycles. The summed E-state index contributed by atoms with van der Waals surface area (Å²) in [5.74, 6) is -0.269. The van der Waals surface area contributed by atoms with Gasteiger partial charge in [-0.2, -0.15) is 5.26 Å². The third-order valence-electron chi connectivity index (χ3n) is 2.16. The quantitative estimate of drug-likeness (QED) is 0.810. The summed E-state index contributed by atoms with van der Waals surface area (Å²) < 4.78 is 13.6. The average Bonchev–Trinajstić information content (AvgIpc) is 2.35. The maximum atomic E-state index is 13.6. The molecule has 0 aliphatic carbocycles. The number of rotatable bonds is 3. The molecule has 0 N–H and O–H groups in total. The molecule has 3 heteroatoms. The van der Waals surface area contributed by atoms with Crippen molar-refractivity contribution < 1.29 is 4.39 Å². The first-order valence-corrected chi connectivity index (χ1v) is 5.86. The van der Waals surface area contributed by atoms with Crippen LogP contribution in [0.4, 0.5) is 4.39 Å². The van der Waals surface area contributed by atoms with Crippen LogP contribution in [0, 0.1) is 23.6 Å². The molecular formula is C14H9FNS. The molecule has 0 aromatic heterocycles. The molecule has 83 valence electrons. The molecule has 0 spiro atoms. The van der Waals surface area contributed by atoms with E-state index in [-0.39, 0.29) is 5.82 Å². The topological polar surface area (TPSA) is 23.8 Å². The lowest BCUT2D eigenvalue weighted by molar-refractivity contribution is 0.601. The highest BCUT2D eigenvalue weighted by molar-refractivity contribution is 7.99. The first-order valence-electron chi connectivity index (χ1n) is 5.05. The SMILES string of the molecule is N#C[CH]c1ccc(F)c(Sc2ccccc2)c1. The predicted molar refractivity (Wildman–Crippen MR) is 66.0 cm³/mol. The Bertz CT molecular complexity index is 546. The van der Waals surface area contributed by atoms with E-state index in [1.807, 2.05) is 36.4 Å². The van der Waals surface area contributed by atoms with Gasteiger partial charge in [-0.15, -0.1) is 0 Å². The summed E-state index contributed by atoms with van der Waals surface area (Å²) in [6.45, 7) is 0. The van der Waals surface area contributed by atoms with E-state index in [1.54, 1.807) is 12.1 Å². The van der Waals surface area contributed by atoms with E-state index in [2.05, 4.69) is 0 Å². The first-order chi connectivity index (χ1) is 8.29. The van der Waals surface area contributed by atoms with Crippen LogP contribution in [-0.4, -0.2) is 0 Å². The molecule has 0 atom stereocenters. The molecular weight excluding hydrogens is 233 g/mol. The summed E-state index contributed by atoms with van der Waals surface area (Å²) in [5.41, 5.74) is 0.715. The van der Waals surface area contributed by atoms with E-state index in [0.29, 0.717) is 10.5 Å². The van der Waals surface area contributed by atoms with Gasteiger partial charge in [-0.3, -0.25) is 0 Å². The first kappa shape index (κ1) is 11.7. The third kappa shape index (κ3) is 3.08. The van der Waals surface area contributed by atoms with Crippen LogP contribution in [0.5, 0.6) is 0 Å². The zero-order chi connectivity index (χ0) is 12.1. The summed E-state index contributed by atoms with van der Waals surface area (Å²) in [6, 6.07) is 16.2. The zero-order valence-electron chi connectivity index (χ0n) is 8.93. The van der Waals surface area contributed by atoms with Crippen LogP contribution in [0.1, 0.15) is 5.56 Å². The number of hydrogen-bond acceptors (Lipinski definition) is 2. The Morgan fingerprint density at radius 2 is 1.88 bits per heavy atom. The van der Waals surface area contributed by atoms with Crippen molar-refractivity contribution in [2.24, 2.45) is 0 Å². The second-order valence-corrected chi connectivity index (χ2v) is 4.49.